The third kappa shape index (κ3) is 1.14. The number of carbonyl (C=O) groups excluding carboxylic acids is 1. The molecular weight excluding hydrogens is 166 g/mol. The second kappa shape index (κ2) is 2.86. The lowest BCUT2D eigenvalue weighted by atomic mass is 10.1. The summed E-state index contributed by atoms with van der Waals surface area (Å²) >= 11 is 0. The molecule has 0 aliphatic rings. The van der Waals surface area contributed by atoms with Crippen molar-refractivity contribution in [2.75, 3.05) is 0 Å². The quantitative estimate of drug-likeness (QED) is 0.668. The number of aldehydes is 1. The maximum absolute atomic E-state index is 10.6. The van der Waals surface area contributed by atoms with Crippen molar-refractivity contribution in [2.24, 2.45) is 0 Å². The number of aromatic nitrogens is 1. The summed E-state index contributed by atoms with van der Waals surface area (Å²) in [5.74, 6) is 0.147. The van der Waals surface area contributed by atoms with Gasteiger partial charge in [0.2, 0.25) is 0 Å². The monoisotopic (exact) mass is 173 g/mol. The van der Waals surface area contributed by atoms with Crippen molar-refractivity contribution in [3.05, 3.63) is 36.0 Å². The molecule has 0 amide bonds. The number of benzene rings is 1. The highest BCUT2D eigenvalue weighted by Crippen LogP contribution is 2.23. The molecule has 2 aromatic rings. The van der Waals surface area contributed by atoms with Crippen molar-refractivity contribution in [3.63, 3.8) is 0 Å². The second-order valence-electron chi connectivity index (χ2n) is 2.69. The van der Waals surface area contributed by atoms with Crippen LogP contribution in [0, 0.1) is 0 Å². The maximum atomic E-state index is 10.6. The summed E-state index contributed by atoms with van der Waals surface area (Å²) in [5, 5.41) is 10.0. The van der Waals surface area contributed by atoms with E-state index in [-0.39, 0.29) is 5.75 Å². The van der Waals surface area contributed by atoms with Crippen LogP contribution in [0.15, 0.2) is 30.5 Å². The van der Waals surface area contributed by atoms with E-state index in [4.69, 9.17) is 0 Å². The molecule has 3 nitrogen and oxygen atoms in total. The van der Waals surface area contributed by atoms with Crippen LogP contribution in [0.4, 0.5) is 0 Å². The van der Waals surface area contributed by atoms with Gasteiger partial charge in [-0.3, -0.25) is 9.78 Å². The normalized spacial score (nSPS) is 10.2. The van der Waals surface area contributed by atoms with Crippen LogP contribution in [0.1, 0.15) is 10.4 Å². The molecule has 3 heteroatoms. The van der Waals surface area contributed by atoms with Gasteiger partial charge >= 0.3 is 0 Å². The Morgan fingerprint density at radius 3 is 2.92 bits per heavy atom. The molecule has 0 radical (unpaired) electrons. The largest absolute Gasteiger partial charge is 0.507 e. The number of pyridine rings is 1. The Balaban J connectivity index is 2.92. The number of hydrogen-bond acceptors (Lipinski definition) is 3. The van der Waals surface area contributed by atoms with Crippen LogP contribution in [0.2, 0.25) is 0 Å². The lowest BCUT2D eigenvalue weighted by Gasteiger charge is -2.00. The van der Waals surface area contributed by atoms with Crippen molar-refractivity contribution in [1.82, 2.24) is 4.98 Å². The molecule has 64 valence electrons. The smallest absolute Gasteiger partial charge is 0.152 e. The summed E-state index contributed by atoms with van der Waals surface area (Å²) in [5.41, 5.74) is 1.03. The number of nitrogens with zero attached hydrogens (tertiary/aromatic N) is 1. The number of para-hydroxylation sites is 1. The average molecular weight is 173 g/mol. The summed E-state index contributed by atoms with van der Waals surface area (Å²) in [6.45, 7) is 0. The van der Waals surface area contributed by atoms with Crippen LogP contribution in [-0.2, 0) is 0 Å². The first-order chi connectivity index (χ1) is 6.33. The Morgan fingerprint density at radius 2 is 2.15 bits per heavy atom. The number of carbonyl (C=O) groups is 1. The lowest BCUT2D eigenvalue weighted by molar-refractivity contribution is 0.112. The molecule has 1 aromatic carbocycles. The Hall–Kier alpha value is -1.90. The van der Waals surface area contributed by atoms with Crippen LogP contribution in [0.3, 0.4) is 0 Å². The maximum Gasteiger partial charge on any atom is 0.152 e. The van der Waals surface area contributed by atoms with Gasteiger partial charge in [-0.25, -0.2) is 0 Å². The predicted octanol–water partition coefficient (Wildman–Crippen LogP) is 1.75. The molecule has 0 saturated heterocycles. The molecule has 2 rings (SSSR count). The topological polar surface area (TPSA) is 50.2 Å². The number of rotatable bonds is 1. The number of hydrogen-bond donors (Lipinski definition) is 1. The second-order valence-corrected chi connectivity index (χ2v) is 2.69. The minimum absolute atomic E-state index is 0.147. The van der Waals surface area contributed by atoms with Gasteiger partial charge in [-0.15, -0.1) is 0 Å². The van der Waals surface area contributed by atoms with Crippen LogP contribution in [0.25, 0.3) is 10.9 Å². The highest BCUT2D eigenvalue weighted by molar-refractivity contribution is 5.97. The van der Waals surface area contributed by atoms with Gasteiger partial charge in [0.05, 0.1) is 5.52 Å². The SMILES string of the molecule is O=Cc1cccc2c(O)ccnc12. The lowest BCUT2D eigenvalue weighted by Crippen LogP contribution is -1.86. The van der Waals surface area contributed by atoms with Gasteiger partial charge < -0.3 is 5.11 Å². The van der Waals surface area contributed by atoms with Gasteiger partial charge in [-0.1, -0.05) is 6.07 Å². The van der Waals surface area contributed by atoms with Crippen molar-refractivity contribution in [2.45, 2.75) is 0 Å². The minimum atomic E-state index is 0.147. The van der Waals surface area contributed by atoms with Crippen LogP contribution in [0.5, 0.6) is 5.75 Å². The van der Waals surface area contributed by atoms with Crippen LogP contribution >= 0.6 is 0 Å². The Bertz CT molecular complexity index is 465. The molecule has 13 heavy (non-hydrogen) atoms. The van der Waals surface area contributed by atoms with Gasteiger partial charge in [0.25, 0.3) is 0 Å². The molecule has 0 unspecified atom stereocenters. The third-order valence-electron chi connectivity index (χ3n) is 1.91. The van der Waals surface area contributed by atoms with Crippen LogP contribution in [-0.4, -0.2) is 16.4 Å². The molecule has 0 aliphatic heterocycles. The molecule has 0 bridgehead atoms. The van der Waals surface area contributed by atoms with Crippen molar-refractivity contribution in [3.8, 4) is 5.75 Å². The number of aromatic hydroxyl groups is 1. The molecule has 1 aromatic heterocycles. The Morgan fingerprint density at radius 1 is 1.31 bits per heavy atom. The van der Waals surface area contributed by atoms with E-state index in [0.717, 1.165) is 6.29 Å². The van der Waals surface area contributed by atoms with E-state index in [1.807, 2.05) is 0 Å². The molecule has 0 fully saturated rings. The molecular formula is C10H7NO2. The first-order valence-electron chi connectivity index (χ1n) is 3.85. The highest BCUT2D eigenvalue weighted by atomic mass is 16.3. The highest BCUT2D eigenvalue weighted by Gasteiger charge is 2.03. The fourth-order valence-corrected chi connectivity index (χ4v) is 1.28. The standard InChI is InChI=1S/C10H7NO2/c12-6-7-2-1-3-8-9(13)4-5-11-10(7)8/h1-6H,(H,11,13). The average Bonchev–Trinajstić information content (AvgIpc) is 2.18. The van der Waals surface area contributed by atoms with E-state index in [1.165, 1.54) is 12.3 Å². The summed E-state index contributed by atoms with van der Waals surface area (Å²) in [6.07, 6.45) is 2.21. The van der Waals surface area contributed by atoms with E-state index >= 15 is 0 Å². The number of fused-ring (bicyclic) bond motifs is 1. The van der Waals surface area contributed by atoms with E-state index in [9.17, 15) is 9.90 Å². The molecule has 1 N–H and O–H groups in total. The zero-order valence-electron chi connectivity index (χ0n) is 6.77. The first-order valence-corrected chi connectivity index (χ1v) is 3.85. The summed E-state index contributed by atoms with van der Waals surface area (Å²) in [7, 11) is 0. The molecule has 0 spiro atoms. The van der Waals surface area contributed by atoms with E-state index in [2.05, 4.69) is 4.98 Å². The van der Waals surface area contributed by atoms with Crippen molar-refractivity contribution in [1.29, 1.82) is 0 Å². The minimum Gasteiger partial charge on any atom is -0.507 e. The van der Waals surface area contributed by atoms with Gasteiger partial charge in [0.15, 0.2) is 6.29 Å². The van der Waals surface area contributed by atoms with Gasteiger partial charge in [-0.05, 0) is 18.2 Å². The summed E-state index contributed by atoms with van der Waals surface area (Å²) < 4.78 is 0. The molecule has 0 saturated carbocycles. The fourth-order valence-electron chi connectivity index (χ4n) is 1.28. The third-order valence-corrected chi connectivity index (χ3v) is 1.91. The summed E-state index contributed by atoms with van der Waals surface area (Å²) in [6, 6.07) is 6.61. The van der Waals surface area contributed by atoms with E-state index in [0.29, 0.717) is 16.5 Å². The van der Waals surface area contributed by atoms with Crippen molar-refractivity contribution < 1.29 is 9.90 Å². The first kappa shape index (κ1) is 7.73. The van der Waals surface area contributed by atoms with E-state index < -0.39 is 0 Å². The predicted molar refractivity (Wildman–Crippen MR) is 48.8 cm³/mol. The molecule has 0 aliphatic carbocycles. The van der Waals surface area contributed by atoms with Gasteiger partial charge in [-0.2, -0.15) is 0 Å². The Labute approximate surface area is 74.7 Å². The van der Waals surface area contributed by atoms with Gasteiger partial charge in [0, 0.05) is 17.1 Å². The fraction of sp³-hybridized carbons (Fsp3) is 0. The van der Waals surface area contributed by atoms with Gasteiger partial charge in [0.1, 0.15) is 5.75 Å². The van der Waals surface area contributed by atoms with Crippen LogP contribution < -0.4 is 0 Å². The molecule has 1 heterocycles. The zero-order chi connectivity index (χ0) is 9.26. The van der Waals surface area contributed by atoms with E-state index in [1.54, 1.807) is 18.2 Å². The zero-order valence-corrected chi connectivity index (χ0v) is 6.77. The molecule has 0 atom stereocenters. The van der Waals surface area contributed by atoms with Crippen molar-refractivity contribution >= 4 is 17.2 Å². The Kier molecular flexibility index (Phi) is 1.70. The summed E-state index contributed by atoms with van der Waals surface area (Å²) in [4.78, 5) is 14.6.